The van der Waals surface area contributed by atoms with Crippen LogP contribution >= 0.6 is 11.6 Å². The number of amides is 1. The Morgan fingerprint density at radius 3 is 2.71 bits per heavy atom. The van der Waals surface area contributed by atoms with Crippen LogP contribution in [0.1, 0.15) is 43.0 Å². The average molecular weight is 375 g/mol. The fourth-order valence-electron chi connectivity index (χ4n) is 2.91. The van der Waals surface area contributed by atoms with E-state index in [1.54, 1.807) is 0 Å². The van der Waals surface area contributed by atoms with Gasteiger partial charge in [0, 0.05) is 18.7 Å². The van der Waals surface area contributed by atoms with Crippen molar-refractivity contribution in [2.75, 3.05) is 14.2 Å². The number of hydroxylamine groups is 1. The molecule has 1 N–H and O–H groups in total. The Balaban J connectivity index is 2.22. The van der Waals surface area contributed by atoms with Crippen molar-refractivity contribution in [2.24, 2.45) is 5.92 Å². The van der Waals surface area contributed by atoms with E-state index in [2.05, 4.69) is 12.2 Å². The second kappa shape index (κ2) is 7.82. The molecule has 1 aliphatic carbocycles. The normalized spacial score (nSPS) is 21.7. The minimum absolute atomic E-state index is 0.0433. The molecule has 2 rings (SSSR count). The number of hydrogen-bond acceptors (Lipinski definition) is 4. The summed E-state index contributed by atoms with van der Waals surface area (Å²) in [6.07, 6.45) is 4.15. The van der Waals surface area contributed by atoms with Gasteiger partial charge in [0.05, 0.1) is 12.1 Å². The summed E-state index contributed by atoms with van der Waals surface area (Å²) in [5.41, 5.74) is 0.265. The fourth-order valence-corrected chi connectivity index (χ4v) is 4.39. The first-order valence-electron chi connectivity index (χ1n) is 7.89. The first kappa shape index (κ1) is 19.2. The van der Waals surface area contributed by atoms with Crippen LogP contribution in [0.15, 0.2) is 23.1 Å². The molecule has 1 aromatic carbocycles. The standard InChI is InChI=1S/C16H23ClN2O4S/c1-11-5-4-6-13(9-11)18-16(20)12-7-8-14(17)15(10-12)24(21,22)19(2)23-3/h7-8,10-11,13H,4-6,9H2,1-3H3,(H,18,20). The van der Waals surface area contributed by atoms with Gasteiger partial charge in [-0.3, -0.25) is 9.63 Å². The molecule has 24 heavy (non-hydrogen) atoms. The molecule has 8 heteroatoms. The molecular formula is C16H23ClN2O4S. The van der Waals surface area contributed by atoms with Gasteiger partial charge in [0.15, 0.2) is 0 Å². The molecule has 0 heterocycles. The molecule has 0 saturated heterocycles. The van der Waals surface area contributed by atoms with Crippen molar-refractivity contribution in [1.82, 2.24) is 9.79 Å². The Hall–Kier alpha value is -1.15. The quantitative estimate of drug-likeness (QED) is 0.804. The summed E-state index contributed by atoms with van der Waals surface area (Å²) < 4.78 is 25.5. The van der Waals surface area contributed by atoms with Crippen LogP contribution in [-0.2, 0) is 14.9 Å². The van der Waals surface area contributed by atoms with Gasteiger partial charge in [0.2, 0.25) is 0 Å². The first-order valence-corrected chi connectivity index (χ1v) is 9.71. The zero-order valence-corrected chi connectivity index (χ0v) is 15.7. The van der Waals surface area contributed by atoms with Crippen LogP contribution in [0.25, 0.3) is 0 Å². The zero-order valence-electron chi connectivity index (χ0n) is 14.1. The molecule has 1 aromatic rings. The lowest BCUT2D eigenvalue weighted by atomic mass is 9.87. The van der Waals surface area contributed by atoms with Crippen LogP contribution in [0, 0.1) is 5.92 Å². The molecule has 1 saturated carbocycles. The van der Waals surface area contributed by atoms with Crippen molar-refractivity contribution in [3.8, 4) is 0 Å². The van der Waals surface area contributed by atoms with Crippen molar-refractivity contribution >= 4 is 27.5 Å². The van der Waals surface area contributed by atoms with Gasteiger partial charge in [0.25, 0.3) is 15.9 Å². The van der Waals surface area contributed by atoms with Crippen LogP contribution in [0.4, 0.5) is 0 Å². The van der Waals surface area contributed by atoms with Crippen molar-refractivity contribution in [3.05, 3.63) is 28.8 Å². The number of sulfonamides is 1. The van der Waals surface area contributed by atoms with Crippen molar-refractivity contribution in [1.29, 1.82) is 0 Å². The molecule has 1 fully saturated rings. The van der Waals surface area contributed by atoms with Crippen molar-refractivity contribution in [3.63, 3.8) is 0 Å². The Morgan fingerprint density at radius 1 is 1.38 bits per heavy atom. The molecule has 1 aliphatic rings. The molecule has 134 valence electrons. The summed E-state index contributed by atoms with van der Waals surface area (Å²) in [6.45, 7) is 2.17. The highest BCUT2D eigenvalue weighted by molar-refractivity contribution is 7.89. The zero-order chi connectivity index (χ0) is 17.9. The lowest BCUT2D eigenvalue weighted by molar-refractivity contribution is -0.0258. The number of carbonyl (C=O) groups excluding carboxylic acids is 1. The van der Waals surface area contributed by atoms with E-state index >= 15 is 0 Å². The minimum Gasteiger partial charge on any atom is -0.349 e. The maximum atomic E-state index is 12.5. The summed E-state index contributed by atoms with van der Waals surface area (Å²) in [5.74, 6) is 0.294. The smallest absolute Gasteiger partial charge is 0.266 e. The van der Waals surface area contributed by atoms with E-state index in [0.717, 1.165) is 19.3 Å². The Labute approximate surface area is 148 Å². The number of carbonyl (C=O) groups is 1. The molecule has 0 aromatic heterocycles. The topological polar surface area (TPSA) is 75.7 Å². The lowest BCUT2D eigenvalue weighted by Crippen LogP contribution is -2.38. The van der Waals surface area contributed by atoms with E-state index in [0.29, 0.717) is 10.4 Å². The molecule has 2 atom stereocenters. The largest absolute Gasteiger partial charge is 0.349 e. The Bertz CT molecular complexity index is 708. The van der Waals surface area contributed by atoms with Crippen LogP contribution in [0.2, 0.25) is 5.02 Å². The number of hydrogen-bond donors (Lipinski definition) is 1. The fraction of sp³-hybridized carbons (Fsp3) is 0.562. The average Bonchev–Trinajstić information content (AvgIpc) is 2.54. The van der Waals surface area contributed by atoms with E-state index in [9.17, 15) is 13.2 Å². The van der Waals surface area contributed by atoms with Crippen LogP contribution in [-0.4, -0.2) is 39.0 Å². The van der Waals surface area contributed by atoms with Crippen LogP contribution in [0.3, 0.4) is 0 Å². The number of halogens is 1. The van der Waals surface area contributed by atoms with Gasteiger partial charge in [-0.2, -0.15) is 0 Å². The first-order chi connectivity index (χ1) is 11.3. The van der Waals surface area contributed by atoms with Gasteiger partial charge in [-0.25, -0.2) is 8.42 Å². The van der Waals surface area contributed by atoms with Gasteiger partial charge < -0.3 is 5.32 Å². The maximum Gasteiger partial charge on any atom is 0.266 e. The van der Waals surface area contributed by atoms with Gasteiger partial charge in [0.1, 0.15) is 4.90 Å². The third kappa shape index (κ3) is 4.27. The third-order valence-corrected chi connectivity index (χ3v) is 6.50. The predicted octanol–water partition coefficient (Wildman–Crippen LogP) is 2.83. The van der Waals surface area contributed by atoms with E-state index in [1.807, 2.05) is 0 Å². The van der Waals surface area contributed by atoms with Crippen molar-refractivity contribution in [2.45, 2.75) is 43.5 Å². The van der Waals surface area contributed by atoms with E-state index in [-0.39, 0.29) is 27.4 Å². The van der Waals surface area contributed by atoms with Gasteiger partial charge in [-0.1, -0.05) is 35.8 Å². The van der Waals surface area contributed by atoms with Gasteiger partial charge in [-0.05, 0) is 37.0 Å². The molecule has 0 bridgehead atoms. The van der Waals surface area contributed by atoms with Crippen LogP contribution in [0.5, 0.6) is 0 Å². The highest BCUT2D eigenvalue weighted by Crippen LogP contribution is 2.26. The summed E-state index contributed by atoms with van der Waals surface area (Å²) >= 11 is 6.00. The van der Waals surface area contributed by atoms with Crippen LogP contribution < -0.4 is 5.32 Å². The SMILES string of the molecule is CON(C)S(=O)(=O)c1cc(C(=O)NC2CCCC(C)C2)ccc1Cl. The third-order valence-electron chi connectivity index (χ3n) is 4.34. The molecule has 0 radical (unpaired) electrons. The summed E-state index contributed by atoms with van der Waals surface area (Å²) in [5, 5.41) is 3.03. The molecule has 2 unspecified atom stereocenters. The molecular weight excluding hydrogens is 352 g/mol. The summed E-state index contributed by atoms with van der Waals surface area (Å²) in [7, 11) is -1.41. The Morgan fingerprint density at radius 2 is 2.08 bits per heavy atom. The Kier molecular flexibility index (Phi) is 6.25. The minimum atomic E-state index is -3.92. The number of rotatable bonds is 5. The number of nitrogens with one attached hydrogen (secondary N) is 1. The predicted molar refractivity (Wildman–Crippen MR) is 92.3 cm³/mol. The summed E-state index contributed by atoms with van der Waals surface area (Å²) in [4.78, 5) is 17.0. The van der Waals surface area contributed by atoms with E-state index < -0.39 is 10.0 Å². The maximum absolute atomic E-state index is 12.5. The van der Waals surface area contributed by atoms with E-state index in [1.165, 1.54) is 38.8 Å². The summed E-state index contributed by atoms with van der Waals surface area (Å²) in [6, 6.07) is 4.35. The molecule has 0 spiro atoms. The lowest BCUT2D eigenvalue weighted by Gasteiger charge is -2.27. The second-order valence-corrected chi connectivity index (χ2v) is 8.50. The molecule has 6 nitrogen and oxygen atoms in total. The van der Waals surface area contributed by atoms with Gasteiger partial charge >= 0.3 is 0 Å². The highest BCUT2D eigenvalue weighted by atomic mass is 35.5. The van der Waals surface area contributed by atoms with Crippen molar-refractivity contribution < 1.29 is 18.0 Å². The van der Waals surface area contributed by atoms with E-state index in [4.69, 9.17) is 16.4 Å². The molecule has 0 aliphatic heterocycles. The van der Waals surface area contributed by atoms with Gasteiger partial charge in [-0.15, -0.1) is 0 Å². The monoisotopic (exact) mass is 374 g/mol. The highest BCUT2D eigenvalue weighted by Gasteiger charge is 2.26. The number of nitrogens with zero attached hydrogens (tertiary/aromatic N) is 1. The number of benzene rings is 1. The molecule has 1 amide bonds. The second-order valence-electron chi connectivity index (χ2n) is 6.18.